The van der Waals surface area contributed by atoms with Crippen LogP contribution in [0.15, 0.2) is 40.6 Å². The van der Waals surface area contributed by atoms with Gasteiger partial charge in [-0.15, -0.1) is 0 Å². The highest BCUT2D eigenvalue weighted by Gasteiger charge is 2.43. The Hall–Kier alpha value is -1.83. The van der Waals surface area contributed by atoms with Crippen LogP contribution in [0.4, 0.5) is 5.95 Å². The van der Waals surface area contributed by atoms with Crippen molar-refractivity contribution in [2.24, 2.45) is 11.1 Å². The van der Waals surface area contributed by atoms with Crippen molar-refractivity contribution in [2.75, 3.05) is 18.0 Å². The van der Waals surface area contributed by atoms with Crippen molar-refractivity contribution in [3.8, 4) is 0 Å². The van der Waals surface area contributed by atoms with E-state index in [1.54, 1.807) is 11.8 Å². The fourth-order valence-corrected chi connectivity index (χ4v) is 6.70. The van der Waals surface area contributed by atoms with Crippen molar-refractivity contribution >= 4 is 35.0 Å². The number of hydrogen-bond donors (Lipinski definition) is 1. The zero-order valence-corrected chi connectivity index (χ0v) is 19.1. The number of aromatic nitrogens is 4. The molecule has 2 saturated carbocycles. The molecule has 8 heteroatoms. The first-order chi connectivity index (χ1) is 15.1. The summed E-state index contributed by atoms with van der Waals surface area (Å²) in [6.45, 7) is 2.00. The minimum absolute atomic E-state index is 0.345. The van der Waals surface area contributed by atoms with Gasteiger partial charge in [0.05, 0.1) is 15.6 Å². The highest BCUT2D eigenvalue weighted by Crippen LogP contribution is 2.47. The van der Waals surface area contributed by atoms with Gasteiger partial charge in [-0.25, -0.2) is 9.97 Å². The largest absolute Gasteiger partial charge is 0.342 e. The number of nitrogens with zero attached hydrogens (tertiary/aromatic N) is 5. The second kappa shape index (κ2) is 7.64. The number of imidazole rings is 1. The fraction of sp³-hybridized carbons (Fsp3) is 0.522. The molecule has 0 bridgehead atoms. The van der Waals surface area contributed by atoms with Gasteiger partial charge in [-0.3, -0.25) is 9.38 Å². The van der Waals surface area contributed by atoms with E-state index in [9.17, 15) is 0 Å². The lowest BCUT2D eigenvalue weighted by molar-refractivity contribution is 0.197. The second-order valence-corrected chi connectivity index (χ2v) is 10.7. The Labute approximate surface area is 191 Å². The first kappa shape index (κ1) is 19.8. The summed E-state index contributed by atoms with van der Waals surface area (Å²) in [4.78, 5) is 18.5. The maximum absolute atomic E-state index is 6.69. The average molecular weight is 455 g/mol. The molecule has 1 atom stereocenters. The Morgan fingerprint density at radius 1 is 1.03 bits per heavy atom. The molecule has 2 N–H and O–H groups in total. The molecule has 3 fully saturated rings. The second-order valence-electron chi connectivity index (χ2n) is 9.28. The molecule has 0 amide bonds. The van der Waals surface area contributed by atoms with Gasteiger partial charge >= 0.3 is 0 Å². The first-order valence-electron chi connectivity index (χ1n) is 11.3. The summed E-state index contributed by atoms with van der Waals surface area (Å²) in [6.07, 6.45) is 16.1. The van der Waals surface area contributed by atoms with Crippen LogP contribution in [0.2, 0.25) is 5.02 Å². The van der Waals surface area contributed by atoms with Gasteiger partial charge in [0.25, 0.3) is 0 Å². The number of nitrogens with two attached hydrogens (primary N) is 1. The van der Waals surface area contributed by atoms with Gasteiger partial charge < -0.3 is 10.6 Å². The molecular formula is C23H27ClN6S. The van der Waals surface area contributed by atoms with E-state index < -0.39 is 0 Å². The Kier molecular flexibility index (Phi) is 4.89. The SMILES string of the molecule is N[C@@H]1CCCC12CCN(c1ncc(Sc3ccnc(C4CC4)c3Cl)c3nccn13)CC2. The smallest absolute Gasteiger partial charge is 0.211 e. The summed E-state index contributed by atoms with van der Waals surface area (Å²) < 4.78 is 2.12. The topological polar surface area (TPSA) is 72.3 Å². The van der Waals surface area contributed by atoms with Crippen molar-refractivity contribution in [1.29, 1.82) is 0 Å². The Balaban J connectivity index is 1.27. The monoisotopic (exact) mass is 454 g/mol. The number of anilines is 1. The minimum Gasteiger partial charge on any atom is -0.342 e. The summed E-state index contributed by atoms with van der Waals surface area (Å²) in [5.74, 6) is 1.49. The number of hydrogen-bond acceptors (Lipinski definition) is 6. The van der Waals surface area contributed by atoms with Gasteiger partial charge in [0.15, 0.2) is 5.65 Å². The van der Waals surface area contributed by atoms with Gasteiger partial charge in [-0.05, 0) is 50.0 Å². The summed E-state index contributed by atoms with van der Waals surface area (Å²) in [5.41, 5.74) is 8.77. The van der Waals surface area contributed by atoms with E-state index >= 15 is 0 Å². The molecule has 0 aromatic carbocycles. The average Bonchev–Trinajstić information content (AvgIpc) is 3.40. The van der Waals surface area contributed by atoms with Gasteiger partial charge in [0.2, 0.25) is 5.95 Å². The lowest BCUT2D eigenvalue weighted by Crippen LogP contribution is -2.47. The number of fused-ring (bicyclic) bond motifs is 1. The summed E-state index contributed by atoms with van der Waals surface area (Å²) in [5, 5.41) is 0.776. The number of rotatable bonds is 4. The third kappa shape index (κ3) is 3.41. The highest BCUT2D eigenvalue weighted by molar-refractivity contribution is 7.99. The maximum Gasteiger partial charge on any atom is 0.211 e. The first-order valence-corrected chi connectivity index (χ1v) is 12.5. The van der Waals surface area contributed by atoms with E-state index in [4.69, 9.17) is 22.3 Å². The van der Waals surface area contributed by atoms with Crippen LogP contribution in [0.3, 0.4) is 0 Å². The molecule has 6 nitrogen and oxygen atoms in total. The standard InChI is InChI=1S/C23H27ClN6S/c24-19-16(5-9-26-20(19)15-3-4-15)31-17-14-28-22(30-13-10-27-21(17)30)29-11-7-23(8-12-29)6-1-2-18(23)25/h5,9-10,13-15,18H,1-4,6-8,11-12,25H2/t18-/m1/s1. The molecule has 4 heterocycles. The quantitative estimate of drug-likeness (QED) is 0.604. The Morgan fingerprint density at radius 3 is 2.61 bits per heavy atom. The van der Waals surface area contributed by atoms with Gasteiger partial charge in [0.1, 0.15) is 0 Å². The summed E-state index contributed by atoms with van der Waals surface area (Å²) in [7, 11) is 0. The molecule has 0 radical (unpaired) electrons. The Bertz CT molecular complexity index is 1120. The van der Waals surface area contributed by atoms with Crippen LogP contribution >= 0.6 is 23.4 Å². The molecule has 2 aliphatic carbocycles. The molecule has 31 heavy (non-hydrogen) atoms. The molecule has 1 spiro atoms. The van der Waals surface area contributed by atoms with Gasteiger partial charge in [-0.2, -0.15) is 0 Å². The van der Waals surface area contributed by atoms with Crippen molar-refractivity contribution in [2.45, 2.75) is 66.7 Å². The van der Waals surface area contributed by atoms with Crippen LogP contribution in [-0.2, 0) is 0 Å². The number of pyridine rings is 1. The van der Waals surface area contributed by atoms with Gasteiger partial charge in [-0.1, -0.05) is 29.8 Å². The van der Waals surface area contributed by atoms with E-state index in [-0.39, 0.29) is 0 Å². The molecule has 3 aromatic rings. The molecule has 1 aliphatic heterocycles. The van der Waals surface area contributed by atoms with E-state index in [1.165, 1.54) is 32.1 Å². The normalized spacial score (nSPS) is 23.2. The van der Waals surface area contributed by atoms with E-state index in [1.807, 2.05) is 30.9 Å². The molecule has 0 unspecified atom stereocenters. The predicted octanol–water partition coefficient (Wildman–Crippen LogP) is 4.90. The number of halogens is 1. The minimum atomic E-state index is 0.345. The summed E-state index contributed by atoms with van der Waals surface area (Å²) in [6, 6.07) is 2.35. The molecule has 6 rings (SSSR count). The molecule has 3 aliphatic rings. The van der Waals surface area contributed by atoms with Crippen molar-refractivity contribution in [1.82, 2.24) is 19.4 Å². The maximum atomic E-state index is 6.69. The third-order valence-corrected chi connectivity index (χ3v) is 9.03. The van der Waals surface area contributed by atoms with Crippen LogP contribution in [0.5, 0.6) is 0 Å². The van der Waals surface area contributed by atoms with Crippen LogP contribution in [-0.4, -0.2) is 38.5 Å². The third-order valence-electron chi connectivity index (χ3n) is 7.46. The zero-order chi connectivity index (χ0) is 21.0. The fourth-order valence-electron chi connectivity index (χ4n) is 5.41. The van der Waals surface area contributed by atoms with Crippen LogP contribution in [0.25, 0.3) is 5.65 Å². The van der Waals surface area contributed by atoms with Crippen molar-refractivity contribution < 1.29 is 0 Å². The van der Waals surface area contributed by atoms with E-state index in [0.29, 0.717) is 17.4 Å². The predicted molar refractivity (Wildman–Crippen MR) is 124 cm³/mol. The molecular weight excluding hydrogens is 428 g/mol. The van der Waals surface area contributed by atoms with E-state index in [2.05, 4.69) is 19.3 Å². The lowest BCUT2D eigenvalue weighted by atomic mass is 9.74. The van der Waals surface area contributed by atoms with E-state index in [0.717, 1.165) is 58.0 Å². The van der Waals surface area contributed by atoms with Crippen LogP contribution in [0.1, 0.15) is 56.6 Å². The number of piperidine rings is 1. The van der Waals surface area contributed by atoms with Crippen molar-refractivity contribution in [3.63, 3.8) is 0 Å². The zero-order valence-electron chi connectivity index (χ0n) is 17.5. The van der Waals surface area contributed by atoms with Crippen LogP contribution < -0.4 is 10.6 Å². The van der Waals surface area contributed by atoms with Gasteiger partial charge in [0, 0.05) is 54.7 Å². The molecule has 162 valence electrons. The highest BCUT2D eigenvalue weighted by atomic mass is 35.5. The van der Waals surface area contributed by atoms with Crippen LogP contribution in [0, 0.1) is 5.41 Å². The molecule has 3 aromatic heterocycles. The van der Waals surface area contributed by atoms with Crippen molar-refractivity contribution in [3.05, 3.63) is 41.6 Å². The lowest BCUT2D eigenvalue weighted by Gasteiger charge is -2.42. The molecule has 1 saturated heterocycles. The Morgan fingerprint density at radius 2 is 1.87 bits per heavy atom. The summed E-state index contributed by atoms with van der Waals surface area (Å²) >= 11 is 8.32.